The Morgan fingerprint density at radius 1 is 0.966 bits per heavy atom. The van der Waals surface area contributed by atoms with Crippen LogP contribution in [0.1, 0.15) is 21.7 Å². The molecule has 0 radical (unpaired) electrons. The molecular formula is C23H25N3O3. The average molecular weight is 391 g/mol. The molecule has 0 aliphatic rings. The molecular weight excluding hydrogens is 366 g/mol. The van der Waals surface area contributed by atoms with Gasteiger partial charge >= 0.3 is 0 Å². The van der Waals surface area contributed by atoms with Crippen molar-refractivity contribution in [1.29, 1.82) is 0 Å². The summed E-state index contributed by atoms with van der Waals surface area (Å²) in [6.45, 7) is 1.24. The van der Waals surface area contributed by atoms with Crippen LogP contribution in [0.15, 0.2) is 77.4 Å². The number of para-hydroxylation sites is 1. The van der Waals surface area contributed by atoms with E-state index in [4.69, 9.17) is 4.42 Å². The van der Waals surface area contributed by atoms with Gasteiger partial charge in [-0.3, -0.25) is 14.5 Å². The van der Waals surface area contributed by atoms with E-state index in [1.165, 1.54) is 0 Å². The van der Waals surface area contributed by atoms with Crippen LogP contribution < -0.4 is 10.6 Å². The number of carbonyl (C=O) groups is 2. The predicted molar refractivity (Wildman–Crippen MR) is 113 cm³/mol. The number of likely N-dealkylation sites (N-methyl/N-ethyl adjacent to an activating group) is 1. The summed E-state index contributed by atoms with van der Waals surface area (Å²) in [5, 5.41) is 5.76. The van der Waals surface area contributed by atoms with Gasteiger partial charge in [-0.25, -0.2) is 0 Å². The molecule has 6 heteroatoms. The molecule has 1 aromatic heterocycles. The molecule has 0 atom stereocenters. The number of carbonyl (C=O) groups excluding carboxylic acids is 2. The Morgan fingerprint density at radius 2 is 1.72 bits per heavy atom. The predicted octanol–water partition coefficient (Wildman–Crippen LogP) is 3.32. The van der Waals surface area contributed by atoms with Crippen molar-refractivity contribution in [3.8, 4) is 0 Å². The van der Waals surface area contributed by atoms with Gasteiger partial charge in [-0.2, -0.15) is 0 Å². The lowest BCUT2D eigenvalue weighted by Crippen LogP contribution is -2.31. The van der Waals surface area contributed by atoms with Crippen LogP contribution in [-0.4, -0.2) is 36.9 Å². The largest absolute Gasteiger partial charge is 0.468 e. The quantitative estimate of drug-likeness (QED) is 0.587. The highest BCUT2D eigenvalue weighted by atomic mass is 16.3. The molecule has 0 spiro atoms. The molecule has 0 aliphatic carbocycles. The van der Waals surface area contributed by atoms with Crippen LogP contribution in [0.5, 0.6) is 0 Å². The molecule has 2 aromatic carbocycles. The van der Waals surface area contributed by atoms with Crippen molar-refractivity contribution in [2.75, 3.05) is 25.5 Å². The number of rotatable bonds is 9. The first-order valence-electron chi connectivity index (χ1n) is 9.54. The molecule has 0 bridgehead atoms. The van der Waals surface area contributed by atoms with Crippen LogP contribution in [0, 0.1) is 0 Å². The number of hydrogen-bond donors (Lipinski definition) is 2. The summed E-state index contributed by atoms with van der Waals surface area (Å²) >= 11 is 0. The van der Waals surface area contributed by atoms with Gasteiger partial charge in [0.25, 0.3) is 5.91 Å². The van der Waals surface area contributed by atoms with Gasteiger partial charge in [0.15, 0.2) is 0 Å². The van der Waals surface area contributed by atoms with Crippen molar-refractivity contribution in [2.45, 2.75) is 13.0 Å². The molecule has 0 saturated carbocycles. The van der Waals surface area contributed by atoms with Crippen LogP contribution in [0.25, 0.3) is 0 Å². The zero-order valence-electron chi connectivity index (χ0n) is 16.4. The molecule has 3 aromatic rings. The van der Waals surface area contributed by atoms with Crippen LogP contribution in [0.3, 0.4) is 0 Å². The summed E-state index contributed by atoms with van der Waals surface area (Å²) in [7, 11) is 1.84. The summed E-state index contributed by atoms with van der Waals surface area (Å²) in [6.07, 6.45) is 2.36. The monoisotopic (exact) mass is 391 g/mol. The molecule has 3 rings (SSSR count). The fourth-order valence-electron chi connectivity index (χ4n) is 3.01. The Bertz CT molecular complexity index is 924. The highest BCUT2D eigenvalue weighted by Crippen LogP contribution is 2.15. The summed E-state index contributed by atoms with van der Waals surface area (Å²) in [6, 6.07) is 20.7. The number of anilines is 1. The lowest BCUT2D eigenvalue weighted by molar-refractivity contribution is -0.117. The highest BCUT2D eigenvalue weighted by Gasteiger charge is 2.14. The Kier molecular flexibility index (Phi) is 7.19. The standard InChI is InChI=1S/C23H25N3O3/c1-26(16-19-10-7-15-29-19)17-22(27)25-21-12-6-5-11-20(21)23(28)24-14-13-18-8-3-2-4-9-18/h2-12,15H,13-14,16-17H2,1H3,(H,24,28)(H,25,27). The smallest absolute Gasteiger partial charge is 0.253 e. The number of furan rings is 1. The van der Waals surface area contributed by atoms with Gasteiger partial charge in [0.1, 0.15) is 5.76 Å². The van der Waals surface area contributed by atoms with E-state index in [0.29, 0.717) is 24.3 Å². The number of benzene rings is 2. The maximum Gasteiger partial charge on any atom is 0.253 e. The third-order valence-corrected chi connectivity index (χ3v) is 4.41. The number of nitrogens with one attached hydrogen (secondary N) is 2. The Hall–Kier alpha value is -3.38. The van der Waals surface area contributed by atoms with Gasteiger partial charge in [-0.05, 0) is 43.3 Å². The topological polar surface area (TPSA) is 74.6 Å². The van der Waals surface area contributed by atoms with Gasteiger partial charge in [0.05, 0.1) is 30.6 Å². The van der Waals surface area contributed by atoms with Crippen molar-refractivity contribution >= 4 is 17.5 Å². The summed E-state index contributed by atoms with van der Waals surface area (Å²) in [4.78, 5) is 26.8. The first-order chi connectivity index (χ1) is 14.1. The SMILES string of the molecule is CN(CC(=O)Nc1ccccc1C(=O)NCCc1ccccc1)Cc1ccco1. The van der Waals surface area contributed by atoms with Gasteiger partial charge in [-0.15, -0.1) is 0 Å². The van der Waals surface area contributed by atoms with Crippen LogP contribution in [0.2, 0.25) is 0 Å². The molecule has 2 amide bonds. The zero-order valence-corrected chi connectivity index (χ0v) is 16.4. The Morgan fingerprint density at radius 3 is 2.48 bits per heavy atom. The summed E-state index contributed by atoms with van der Waals surface area (Å²) in [5.41, 5.74) is 2.11. The van der Waals surface area contributed by atoms with Crippen LogP contribution in [-0.2, 0) is 17.8 Å². The molecule has 0 fully saturated rings. The normalized spacial score (nSPS) is 10.7. The lowest BCUT2D eigenvalue weighted by atomic mass is 10.1. The molecule has 0 unspecified atom stereocenters. The minimum Gasteiger partial charge on any atom is -0.468 e. The van der Waals surface area contributed by atoms with Crippen molar-refractivity contribution in [3.63, 3.8) is 0 Å². The number of nitrogens with zero attached hydrogens (tertiary/aromatic N) is 1. The fraction of sp³-hybridized carbons (Fsp3) is 0.217. The van der Waals surface area contributed by atoms with E-state index in [1.807, 2.05) is 54.4 Å². The van der Waals surface area contributed by atoms with Crippen LogP contribution in [0.4, 0.5) is 5.69 Å². The third kappa shape index (κ3) is 6.33. The Balaban J connectivity index is 1.53. The Labute approximate surface area is 170 Å². The minimum atomic E-state index is -0.208. The van der Waals surface area contributed by atoms with Gasteiger partial charge in [0, 0.05) is 6.54 Å². The van der Waals surface area contributed by atoms with E-state index in [-0.39, 0.29) is 18.4 Å². The maximum absolute atomic E-state index is 12.6. The van der Waals surface area contributed by atoms with Crippen molar-refractivity contribution < 1.29 is 14.0 Å². The summed E-state index contributed by atoms with van der Waals surface area (Å²) in [5.74, 6) is 0.392. The molecule has 0 aliphatic heterocycles. The van der Waals surface area contributed by atoms with E-state index in [9.17, 15) is 9.59 Å². The van der Waals surface area contributed by atoms with Gasteiger partial charge in [-0.1, -0.05) is 42.5 Å². The second kappa shape index (κ2) is 10.2. The van der Waals surface area contributed by atoms with Crippen LogP contribution >= 0.6 is 0 Å². The van der Waals surface area contributed by atoms with Crippen molar-refractivity contribution in [3.05, 3.63) is 89.9 Å². The minimum absolute atomic E-state index is 0.185. The van der Waals surface area contributed by atoms with Gasteiger partial charge in [0.2, 0.25) is 5.91 Å². The van der Waals surface area contributed by atoms with E-state index in [1.54, 1.807) is 30.5 Å². The molecule has 0 saturated heterocycles. The molecule has 1 heterocycles. The average Bonchev–Trinajstić information content (AvgIpc) is 3.22. The molecule has 150 valence electrons. The van der Waals surface area contributed by atoms with E-state index in [2.05, 4.69) is 10.6 Å². The lowest BCUT2D eigenvalue weighted by Gasteiger charge is -2.16. The molecule has 6 nitrogen and oxygen atoms in total. The first-order valence-corrected chi connectivity index (χ1v) is 9.54. The highest BCUT2D eigenvalue weighted by molar-refractivity contribution is 6.04. The molecule has 2 N–H and O–H groups in total. The second-order valence-electron chi connectivity index (χ2n) is 6.84. The van der Waals surface area contributed by atoms with E-state index >= 15 is 0 Å². The van der Waals surface area contributed by atoms with Gasteiger partial charge < -0.3 is 15.1 Å². The zero-order chi connectivity index (χ0) is 20.5. The van der Waals surface area contributed by atoms with E-state index < -0.39 is 0 Å². The van der Waals surface area contributed by atoms with Crippen molar-refractivity contribution in [1.82, 2.24) is 10.2 Å². The first kappa shape index (κ1) is 20.4. The second-order valence-corrected chi connectivity index (χ2v) is 6.84. The summed E-state index contributed by atoms with van der Waals surface area (Å²) < 4.78 is 5.30. The number of hydrogen-bond acceptors (Lipinski definition) is 4. The van der Waals surface area contributed by atoms with E-state index in [0.717, 1.165) is 17.7 Å². The fourth-order valence-corrected chi connectivity index (χ4v) is 3.01. The third-order valence-electron chi connectivity index (χ3n) is 4.41. The maximum atomic E-state index is 12.6. The molecule has 29 heavy (non-hydrogen) atoms. The number of amides is 2. The van der Waals surface area contributed by atoms with Crippen molar-refractivity contribution in [2.24, 2.45) is 0 Å².